The molecule has 0 radical (unpaired) electrons. The van der Waals surface area contributed by atoms with E-state index in [1.807, 2.05) is 13.8 Å². The van der Waals surface area contributed by atoms with Crippen LogP contribution in [0, 0.1) is 0 Å². The van der Waals surface area contributed by atoms with Crippen LogP contribution in [0.5, 0.6) is 0 Å². The molecule has 0 aliphatic carbocycles. The van der Waals surface area contributed by atoms with Crippen molar-refractivity contribution < 1.29 is 32.2 Å². The van der Waals surface area contributed by atoms with Crippen molar-refractivity contribution in [1.29, 1.82) is 0 Å². The standard InChI is InChI=1S/C8H11F3O4.C2H6/c1-5(14-2)4-15-7(13)3-6(12)8(9,10)11;1-2/h5H,3-4H2,1-2H3;1-2H3. The van der Waals surface area contributed by atoms with Crippen molar-refractivity contribution in [2.75, 3.05) is 13.7 Å². The molecule has 0 aromatic carbocycles. The fourth-order valence-corrected chi connectivity index (χ4v) is 0.561. The highest BCUT2D eigenvalue weighted by Crippen LogP contribution is 2.17. The fourth-order valence-electron chi connectivity index (χ4n) is 0.561. The van der Waals surface area contributed by atoms with Gasteiger partial charge in [0.15, 0.2) is 0 Å². The molecule has 0 spiro atoms. The van der Waals surface area contributed by atoms with Gasteiger partial charge in [0, 0.05) is 7.11 Å². The predicted molar refractivity (Wildman–Crippen MR) is 54.5 cm³/mol. The summed E-state index contributed by atoms with van der Waals surface area (Å²) in [5.74, 6) is -3.32. The lowest BCUT2D eigenvalue weighted by molar-refractivity contribution is -0.175. The molecule has 0 saturated carbocycles. The molecule has 0 saturated heterocycles. The Morgan fingerprint density at radius 2 is 1.71 bits per heavy atom. The smallest absolute Gasteiger partial charge is 0.450 e. The summed E-state index contributed by atoms with van der Waals surface area (Å²) < 4.78 is 44.1. The zero-order chi connectivity index (χ0) is 14.1. The van der Waals surface area contributed by atoms with Crippen molar-refractivity contribution in [3.05, 3.63) is 0 Å². The van der Waals surface area contributed by atoms with Crippen molar-refractivity contribution in [2.24, 2.45) is 0 Å². The Morgan fingerprint density at radius 3 is 2.06 bits per heavy atom. The minimum atomic E-state index is -4.99. The third-order valence-corrected chi connectivity index (χ3v) is 1.50. The Hall–Kier alpha value is -1.11. The van der Waals surface area contributed by atoms with Crippen molar-refractivity contribution in [3.8, 4) is 0 Å². The summed E-state index contributed by atoms with van der Waals surface area (Å²) >= 11 is 0. The molecule has 0 aromatic heterocycles. The van der Waals surface area contributed by atoms with Gasteiger partial charge in [0.1, 0.15) is 13.0 Å². The molecule has 0 N–H and O–H groups in total. The lowest BCUT2D eigenvalue weighted by Gasteiger charge is -2.10. The molecule has 0 aliphatic heterocycles. The predicted octanol–water partition coefficient (Wildman–Crippen LogP) is 2.11. The van der Waals surface area contributed by atoms with Crippen LogP contribution in [0.25, 0.3) is 0 Å². The number of methoxy groups -OCH3 is 1. The summed E-state index contributed by atoms with van der Waals surface area (Å²) in [7, 11) is 1.36. The highest BCUT2D eigenvalue weighted by atomic mass is 19.4. The third kappa shape index (κ3) is 9.80. The van der Waals surface area contributed by atoms with E-state index in [0.29, 0.717) is 0 Å². The van der Waals surface area contributed by atoms with E-state index in [4.69, 9.17) is 0 Å². The molecule has 7 heteroatoms. The summed E-state index contributed by atoms with van der Waals surface area (Å²) in [5, 5.41) is 0. The molecular formula is C10H17F3O4. The molecule has 0 rings (SSSR count). The van der Waals surface area contributed by atoms with Gasteiger partial charge in [-0.3, -0.25) is 9.59 Å². The van der Waals surface area contributed by atoms with Crippen LogP contribution >= 0.6 is 0 Å². The van der Waals surface area contributed by atoms with E-state index in [0.717, 1.165) is 0 Å². The number of alkyl halides is 3. The van der Waals surface area contributed by atoms with E-state index in [1.54, 1.807) is 6.92 Å². The van der Waals surface area contributed by atoms with Crippen LogP contribution in [0.2, 0.25) is 0 Å². The molecule has 0 bridgehead atoms. The maximum absolute atomic E-state index is 11.7. The average molecular weight is 258 g/mol. The number of carbonyl (C=O) groups is 2. The minimum absolute atomic E-state index is 0.180. The lowest BCUT2D eigenvalue weighted by Crippen LogP contribution is -2.27. The molecule has 0 aromatic rings. The maximum Gasteiger partial charge on any atom is 0.450 e. The summed E-state index contributed by atoms with van der Waals surface area (Å²) in [5.41, 5.74) is 0. The summed E-state index contributed by atoms with van der Waals surface area (Å²) in [6.07, 6.45) is -6.71. The number of esters is 1. The Balaban J connectivity index is 0. The first-order valence-electron chi connectivity index (χ1n) is 5.05. The Kier molecular flexibility index (Phi) is 9.64. The number of ether oxygens (including phenoxy) is 2. The van der Waals surface area contributed by atoms with Gasteiger partial charge in [-0.1, -0.05) is 13.8 Å². The van der Waals surface area contributed by atoms with E-state index in [2.05, 4.69) is 9.47 Å². The molecule has 1 unspecified atom stereocenters. The van der Waals surface area contributed by atoms with Crippen LogP contribution in [0.1, 0.15) is 27.2 Å². The van der Waals surface area contributed by atoms with Crippen LogP contribution in [0.4, 0.5) is 13.2 Å². The van der Waals surface area contributed by atoms with Gasteiger partial charge in [0.05, 0.1) is 6.10 Å². The number of hydrogen-bond acceptors (Lipinski definition) is 4. The van der Waals surface area contributed by atoms with E-state index >= 15 is 0 Å². The number of ketones is 1. The monoisotopic (exact) mass is 258 g/mol. The summed E-state index contributed by atoms with van der Waals surface area (Å²) in [6, 6.07) is 0. The maximum atomic E-state index is 11.7. The van der Waals surface area contributed by atoms with E-state index in [9.17, 15) is 22.8 Å². The number of carbonyl (C=O) groups excluding carboxylic acids is 2. The second-order valence-electron chi connectivity index (χ2n) is 2.83. The van der Waals surface area contributed by atoms with Crippen molar-refractivity contribution in [1.82, 2.24) is 0 Å². The SMILES string of the molecule is CC.COC(C)COC(=O)CC(=O)C(F)(F)F. The van der Waals surface area contributed by atoms with Crippen LogP contribution in [-0.4, -0.2) is 37.7 Å². The first-order valence-corrected chi connectivity index (χ1v) is 5.05. The zero-order valence-electron chi connectivity index (χ0n) is 10.3. The van der Waals surface area contributed by atoms with Gasteiger partial charge < -0.3 is 9.47 Å². The Morgan fingerprint density at radius 1 is 1.24 bits per heavy atom. The molecule has 17 heavy (non-hydrogen) atoms. The van der Waals surface area contributed by atoms with Crippen LogP contribution in [0.15, 0.2) is 0 Å². The number of rotatable bonds is 5. The second-order valence-corrected chi connectivity index (χ2v) is 2.83. The average Bonchev–Trinajstić information content (AvgIpc) is 2.27. The molecule has 102 valence electrons. The second kappa shape index (κ2) is 8.98. The van der Waals surface area contributed by atoms with Gasteiger partial charge in [0.25, 0.3) is 0 Å². The van der Waals surface area contributed by atoms with Crippen molar-refractivity contribution in [2.45, 2.75) is 39.5 Å². The molecule has 0 aliphatic rings. The Bertz CT molecular complexity index is 238. The quantitative estimate of drug-likeness (QED) is 0.560. The van der Waals surface area contributed by atoms with Crippen LogP contribution < -0.4 is 0 Å². The van der Waals surface area contributed by atoms with E-state index in [-0.39, 0.29) is 6.61 Å². The molecule has 0 fully saturated rings. The molecular weight excluding hydrogens is 241 g/mol. The minimum Gasteiger partial charge on any atom is -0.463 e. The first kappa shape index (κ1) is 18.3. The zero-order valence-corrected chi connectivity index (χ0v) is 10.3. The van der Waals surface area contributed by atoms with Gasteiger partial charge in [-0.25, -0.2) is 0 Å². The normalized spacial score (nSPS) is 12.2. The lowest BCUT2D eigenvalue weighted by atomic mass is 10.3. The molecule has 1 atom stereocenters. The van der Waals surface area contributed by atoms with Crippen molar-refractivity contribution in [3.63, 3.8) is 0 Å². The van der Waals surface area contributed by atoms with Crippen LogP contribution in [0.3, 0.4) is 0 Å². The van der Waals surface area contributed by atoms with Gasteiger partial charge in [-0.05, 0) is 6.92 Å². The van der Waals surface area contributed by atoms with Crippen LogP contribution in [-0.2, 0) is 19.1 Å². The van der Waals surface area contributed by atoms with E-state index in [1.165, 1.54) is 7.11 Å². The summed E-state index contributed by atoms with van der Waals surface area (Å²) in [4.78, 5) is 21.1. The third-order valence-electron chi connectivity index (χ3n) is 1.50. The van der Waals surface area contributed by atoms with Crippen molar-refractivity contribution >= 4 is 11.8 Å². The summed E-state index contributed by atoms with van der Waals surface area (Å²) in [6.45, 7) is 5.39. The van der Waals surface area contributed by atoms with E-state index < -0.39 is 30.5 Å². The Labute approximate surface area is 98.1 Å². The fraction of sp³-hybridized carbons (Fsp3) is 0.800. The number of halogens is 3. The largest absolute Gasteiger partial charge is 0.463 e. The highest BCUT2D eigenvalue weighted by Gasteiger charge is 2.39. The topological polar surface area (TPSA) is 52.6 Å². The molecule has 4 nitrogen and oxygen atoms in total. The van der Waals surface area contributed by atoms with Gasteiger partial charge in [-0.15, -0.1) is 0 Å². The number of Topliss-reactive ketones (excluding diaryl/α,β-unsaturated/α-hetero) is 1. The highest BCUT2D eigenvalue weighted by molar-refractivity contribution is 5.98. The molecule has 0 heterocycles. The molecule has 0 amide bonds. The number of hydrogen-bond donors (Lipinski definition) is 0. The van der Waals surface area contributed by atoms with Gasteiger partial charge in [-0.2, -0.15) is 13.2 Å². The first-order chi connectivity index (χ1) is 7.77. The van der Waals surface area contributed by atoms with Gasteiger partial charge >= 0.3 is 12.1 Å². The van der Waals surface area contributed by atoms with Gasteiger partial charge in [0.2, 0.25) is 5.78 Å².